The Morgan fingerprint density at radius 3 is 2.34 bits per heavy atom. The highest BCUT2D eigenvalue weighted by Crippen LogP contribution is 2.16. The normalized spacial score (nSPS) is 14.8. The quantitative estimate of drug-likeness (QED) is 0.435. The van der Waals surface area contributed by atoms with Crippen LogP contribution in [0.4, 0.5) is 4.39 Å². The van der Waals surface area contributed by atoms with Gasteiger partial charge in [0.25, 0.3) is 0 Å². The van der Waals surface area contributed by atoms with E-state index in [1.165, 1.54) is 61.0 Å². The molecule has 0 N–H and O–H groups in total. The standard InChI is InChI=1S/C14H20FN.C14H18N2/c1-12-6-9-16(10-7-12)11-8-13-2-4-14(15)5-3-13;1-3-4-14-6-5-13(9-12(14)2)10-16-8-7-15-11-16/h2-5,12H,6-11H2,1H3;5-9,11H,3-4,10H2,1-2H3. The summed E-state index contributed by atoms with van der Waals surface area (Å²) in [4.78, 5) is 6.57. The molecular formula is C28H38FN3. The lowest BCUT2D eigenvalue weighted by Crippen LogP contribution is -2.34. The second kappa shape index (κ2) is 12.5. The molecular weight excluding hydrogens is 397 g/mol. The van der Waals surface area contributed by atoms with Crippen molar-refractivity contribution in [2.75, 3.05) is 19.6 Å². The highest BCUT2D eigenvalue weighted by molar-refractivity contribution is 5.31. The summed E-state index contributed by atoms with van der Waals surface area (Å²) in [5.41, 5.74) is 5.45. The van der Waals surface area contributed by atoms with Crippen molar-refractivity contribution in [3.63, 3.8) is 0 Å². The molecule has 1 aromatic heterocycles. The molecule has 4 heteroatoms. The van der Waals surface area contributed by atoms with Crippen LogP contribution in [0.3, 0.4) is 0 Å². The van der Waals surface area contributed by atoms with Gasteiger partial charge in [-0.25, -0.2) is 9.37 Å². The minimum atomic E-state index is -0.143. The Morgan fingerprint density at radius 2 is 1.72 bits per heavy atom. The fraction of sp³-hybridized carbons (Fsp3) is 0.464. The van der Waals surface area contributed by atoms with Gasteiger partial charge in [0.05, 0.1) is 6.33 Å². The second-order valence-corrected chi connectivity index (χ2v) is 9.15. The molecule has 3 nitrogen and oxygen atoms in total. The lowest BCUT2D eigenvalue weighted by Gasteiger charge is -2.30. The third-order valence-electron chi connectivity index (χ3n) is 6.36. The van der Waals surface area contributed by atoms with Crippen LogP contribution in [0.2, 0.25) is 0 Å². The Bertz CT molecular complexity index is 910. The molecule has 4 rings (SSSR count). The summed E-state index contributed by atoms with van der Waals surface area (Å²) < 4.78 is 14.8. The van der Waals surface area contributed by atoms with Crippen molar-refractivity contribution in [3.8, 4) is 0 Å². The van der Waals surface area contributed by atoms with Gasteiger partial charge in [-0.3, -0.25) is 0 Å². The molecule has 1 saturated heterocycles. The number of nitrogens with zero attached hydrogens (tertiary/aromatic N) is 3. The van der Waals surface area contributed by atoms with Gasteiger partial charge in [0, 0.05) is 25.5 Å². The molecule has 0 aliphatic carbocycles. The van der Waals surface area contributed by atoms with Crippen molar-refractivity contribution in [2.45, 2.75) is 59.4 Å². The summed E-state index contributed by atoms with van der Waals surface area (Å²) in [7, 11) is 0. The molecule has 32 heavy (non-hydrogen) atoms. The fourth-order valence-electron chi connectivity index (χ4n) is 4.22. The fourth-order valence-corrected chi connectivity index (χ4v) is 4.22. The van der Waals surface area contributed by atoms with E-state index in [9.17, 15) is 4.39 Å². The first-order chi connectivity index (χ1) is 15.5. The second-order valence-electron chi connectivity index (χ2n) is 9.15. The van der Waals surface area contributed by atoms with Gasteiger partial charge in [0.1, 0.15) is 5.82 Å². The monoisotopic (exact) mass is 435 g/mol. The van der Waals surface area contributed by atoms with E-state index in [-0.39, 0.29) is 5.82 Å². The molecule has 172 valence electrons. The number of aryl methyl sites for hydroxylation is 2. The number of imidazole rings is 1. The van der Waals surface area contributed by atoms with Crippen LogP contribution in [-0.2, 0) is 19.4 Å². The summed E-state index contributed by atoms with van der Waals surface area (Å²) in [6.45, 7) is 11.2. The Labute approximate surface area is 193 Å². The number of hydrogen-bond donors (Lipinski definition) is 0. The maximum atomic E-state index is 12.7. The highest BCUT2D eigenvalue weighted by Gasteiger charge is 2.14. The Kier molecular flexibility index (Phi) is 9.48. The van der Waals surface area contributed by atoms with Gasteiger partial charge in [0.2, 0.25) is 0 Å². The molecule has 0 spiro atoms. The molecule has 1 aliphatic heterocycles. The Hall–Kier alpha value is -2.46. The summed E-state index contributed by atoms with van der Waals surface area (Å²) in [5.74, 6) is 0.748. The molecule has 0 radical (unpaired) electrons. The lowest BCUT2D eigenvalue weighted by molar-refractivity contribution is 0.194. The maximum Gasteiger partial charge on any atom is 0.123 e. The highest BCUT2D eigenvalue weighted by atomic mass is 19.1. The summed E-state index contributed by atoms with van der Waals surface area (Å²) in [6.07, 6.45) is 11.7. The van der Waals surface area contributed by atoms with Crippen LogP contribution in [0.15, 0.2) is 61.2 Å². The van der Waals surface area contributed by atoms with Crippen molar-refractivity contribution in [3.05, 3.63) is 89.3 Å². The van der Waals surface area contributed by atoms with E-state index in [2.05, 4.69) is 53.4 Å². The van der Waals surface area contributed by atoms with Crippen LogP contribution in [-0.4, -0.2) is 34.1 Å². The van der Waals surface area contributed by atoms with E-state index < -0.39 is 0 Å². The SMILES string of the molecule is CC1CCN(CCc2ccc(F)cc2)CC1.CCCc1ccc(Cn2ccnc2)cc1C. The zero-order valence-corrected chi connectivity index (χ0v) is 19.9. The number of halogens is 1. The molecule has 0 bridgehead atoms. The van der Waals surface area contributed by atoms with Gasteiger partial charge in [-0.1, -0.05) is 50.6 Å². The van der Waals surface area contributed by atoms with Crippen molar-refractivity contribution < 1.29 is 4.39 Å². The van der Waals surface area contributed by atoms with Crippen molar-refractivity contribution >= 4 is 0 Å². The minimum Gasteiger partial charge on any atom is -0.333 e. The zero-order valence-electron chi connectivity index (χ0n) is 19.9. The molecule has 0 unspecified atom stereocenters. The number of rotatable bonds is 7. The average Bonchev–Trinajstić information content (AvgIpc) is 3.30. The first-order valence-electron chi connectivity index (χ1n) is 12.0. The molecule has 0 amide bonds. The molecule has 2 heterocycles. The molecule has 1 fully saturated rings. The Morgan fingerprint density at radius 1 is 1.00 bits per heavy atom. The van der Waals surface area contributed by atoms with Crippen LogP contribution in [0.5, 0.6) is 0 Å². The number of likely N-dealkylation sites (tertiary alicyclic amines) is 1. The van der Waals surface area contributed by atoms with Gasteiger partial charge < -0.3 is 9.47 Å². The molecule has 0 atom stereocenters. The molecule has 1 aliphatic rings. The third kappa shape index (κ3) is 7.90. The van der Waals surface area contributed by atoms with Crippen molar-refractivity contribution in [1.29, 1.82) is 0 Å². The molecule has 3 aromatic rings. The van der Waals surface area contributed by atoms with Crippen LogP contribution < -0.4 is 0 Å². The van der Waals surface area contributed by atoms with Crippen LogP contribution in [0.1, 0.15) is 55.4 Å². The predicted octanol–water partition coefficient (Wildman–Crippen LogP) is 6.29. The minimum absolute atomic E-state index is 0.143. The molecule has 0 saturated carbocycles. The zero-order chi connectivity index (χ0) is 22.8. The predicted molar refractivity (Wildman–Crippen MR) is 131 cm³/mol. The lowest BCUT2D eigenvalue weighted by atomic mass is 9.99. The summed E-state index contributed by atoms with van der Waals surface area (Å²) >= 11 is 0. The topological polar surface area (TPSA) is 21.1 Å². The van der Waals surface area contributed by atoms with Crippen molar-refractivity contribution in [2.24, 2.45) is 5.92 Å². The first kappa shape index (κ1) is 24.2. The number of hydrogen-bond acceptors (Lipinski definition) is 2. The first-order valence-corrected chi connectivity index (χ1v) is 12.0. The van der Waals surface area contributed by atoms with Gasteiger partial charge >= 0.3 is 0 Å². The van der Waals surface area contributed by atoms with E-state index in [1.54, 1.807) is 12.1 Å². The van der Waals surface area contributed by atoms with Crippen LogP contribution in [0.25, 0.3) is 0 Å². The van der Waals surface area contributed by atoms with E-state index in [4.69, 9.17) is 0 Å². The molecule has 2 aromatic carbocycles. The van der Waals surface area contributed by atoms with Crippen LogP contribution >= 0.6 is 0 Å². The van der Waals surface area contributed by atoms with E-state index >= 15 is 0 Å². The van der Waals surface area contributed by atoms with E-state index in [0.29, 0.717) is 0 Å². The largest absolute Gasteiger partial charge is 0.333 e. The van der Waals surface area contributed by atoms with Gasteiger partial charge in [-0.05, 0) is 86.0 Å². The van der Waals surface area contributed by atoms with E-state index in [0.717, 1.165) is 25.4 Å². The van der Waals surface area contributed by atoms with Gasteiger partial charge in [-0.2, -0.15) is 0 Å². The number of benzene rings is 2. The average molecular weight is 436 g/mol. The third-order valence-corrected chi connectivity index (χ3v) is 6.36. The summed E-state index contributed by atoms with van der Waals surface area (Å²) in [5, 5.41) is 0. The number of piperidine rings is 1. The van der Waals surface area contributed by atoms with Gasteiger partial charge in [-0.15, -0.1) is 0 Å². The van der Waals surface area contributed by atoms with Crippen LogP contribution in [0, 0.1) is 18.7 Å². The number of aromatic nitrogens is 2. The summed E-state index contributed by atoms with van der Waals surface area (Å²) in [6, 6.07) is 13.6. The maximum absolute atomic E-state index is 12.7. The smallest absolute Gasteiger partial charge is 0.123 e. The van der Waals surface area contributed by atoms with Crippen molar-refractivity contribution in [1.82, 2.24) is 14.5 Å². The van der Waals surface area contributed by atoms with E-state index in [1.807, 2.05) is 30.9 Å². The van der Waals surface area contributed by atoms with Gasteiger partial charge in [0.15, 0.2) is 0 Å². The Balaban J connectivity index is 0.000000181.